The zero-order chi connectivity index (χ0) is 20.2. The average Bonchev–Trinajstić information content (AvgIpc) is 2.68. The Morgan fingerprint density at radius 2 is 1.86 bits per heavy atom. The van der Waals surface area contributed by atoms with Gasteiger partial charge < -0.3 is 14.4 Å². The average molecular weight is 388 g/mol. The van der Waals surface area contributed by atoms with Gasteiger partial charge in [-0.3, -0.25) is 9.59 Å². The van der Waals surface area contributed by atoms with Gasteiger partial charge in [0.05, 0.1) is 20.1 Å². The Morgan fingerprint density at radius 1 is 1.14 bits per heavy atom. The monoisotopic (exact) mass is 387 g/mol. The molecule has 0 atom stereocenters. The van der Waals surface area contributed by atoms with Gasteiger partial charge in [-0.1, -0.05) is 44.2 Å². The first-order valence-electron chi connectivity index (χ1n) is 10.4. The molecule has 1 saturated carbocycles. The third kappa shape index (κ3) is 7.37. The Hall–Kier alpha value is -2.30. The standard InChI is InChI=1S/C23H33NO4/c1-3-28-23(26)16-17-24(20-11-7-5-4-6-8-12-20)22(25)15-14-19-10-9-13-21(18-19)27-2/h9-10,13-15,18,20H,3-8,11-12,16-17H2,1-2H3/b15-14+. The summed E-state index contributed by atoms with van der Waals surface area (Å²) in [5, 5.41) is 0. The lowest BCUT2D eigenvalue weighted by Crippen LogP contribution is -2.41. The van der Waals surface area contributed by atoms with E-state index in [1.165, 1.54) is 19.3 Å². The molecule has 2 rings (SSSR count). The molecule has 0 bridgehead atoms. The summed E-state index contributed by atoms with van der Waals surface area (Å²) in [6, 6.07) is 7.79. The molecule has 0 spiro atoms. The second-order valence-electron chi connectivity index (χ2n) is 7.20. The summed E-state index contributed by atoms with van der Waals surface area (Å²) < 4.78 is 10.3. The smallest absolute Gasteiger partial charge is 0.307 e. The fourth-order valence-electron chi connectivity index (χ4n) is 3.67. The highest BCUT2D eigenvalue weighted by Crippen LogP contribution is 2.22. The van der Waals surface area contributed by atoms with Gasteiger partial charge in [-0.2, -0.15) is 0 Å². The van der Waals surface area contributed by atoms with Crippen molar-refractivity contribution in [3.05, 3.63) is 35.9 Å². The molecule has 1 fully saturated rings. The van der Waals surface area contributed by atoms with E-state index < -0.39 is 0 Å². The molecule has 0 N–H and O–H groups in total. The molecule has 1 aromatic rings. The SMILES string of the molecule is CCOC(=O)CCN(C(=O)/C=C/c1cccc(OC)c1)C1CCCCCCC1. The predicted octanol–water partition coefficient (Wildman–Crippen LogP) is 4.60. The van der Waals surface area contributed by atoms with Crippen molar-refractivity contribution in [3.63, 3.8) is 0 Å². The van der Waals surface area contributed by atoms with Crippen LogP contribution in [0.3, 0.4) is 0 Å². The van der Waals surface area contributed by atoms with Crippen molar-refractivity contribution in [2.75, 3.05) is 20.3 Å². The molecule has 5 heteroatoms. The van der Waals surface area contributed by atoms with Gasteiger partial charge >= 0.3 is 5.97 Å². The Morgan fingerprint density at radius 3 is 2.54 bits per heavy atom. The molecule has 0 aliphatic heterocycles. The highest BCUT2D eigenvalue weighted by atomic mass is 16.5. The molecule has 1 amide bonds. The number of hydrogen-bond donors (Lipinski definition) is 0. The van der Waals surface area contributed by atoms with E-state index >= 15 is 0 Å². The van der Waals surface area contributed by atoms with Gasteiger partial charge in [-0.25, -0.2) is 0 Å². The maximum absolute atomic E-state index is 13.0. The largest absolute Gasteiger partial charge is 0.497 e. The van der Waals surface area contributed by atoms with Gasteiger partial charge in [-0.15, -0.1) is 0 Å². The second-order valence-corrected chi connectivity index (χ2v) is 7.20. The van der Waals surface area contributed by atoms with Crippen LogP contribution >= 0.6 is 0 Å². The molecule has 0 aromatic heterocycles. The Kier molecular flexibility index (Phi) is 9.60. The minimum Gasteiger partial charge on any atom is -0.497 e. The number of carbonyl (C=O) groups excluding carboxylic acids is 2. The number of benzene rings is 1. The summed E-state index contributed by atoms with van der Waals surface area (Å²) in [7, 11) is 1.62. The summed E-state index contributed by atoms with van der Waals surface area (Å²) in [5.41, 5.74) is 0.913. The van der Waals surface area contributed by atoms with Crippen LogP contribution in [0.4, 0.5) is 0 Å². The second kappa shape index (κ2) is 12.2. The van der Waals surface area contributed by atoms with E-state index in [0.29, 0.717) is 13.2 Å². The zero-order valence-electron chi connectivity index (χ0n) is 17.2. The number of amides is 1. The highest BCUT2D eigenvalue weighted by Gasteiger charge is 2.23. The third-order valence-electron chi connectivity index (χ3n) is 5.17. The van der Waals surface area contributed by atoms with Crippen LogP contribution in [0.2, 0.25) is 0 Å². The van der Waals surface area contributed by atoms with Crippen molar-refractivity contribution in [3.8, 4) is 5.75 Å². The number of nitrogens with zero attached hydrogens (tertiary/aromatic N) is 1. The predicted molar refractivity (Wildman–Crippen MR) is 111 cm³/mol. The summed E-state index contributed by atoms with van der Waals surface area (Å²) in [4.78, 5) is 26.7. The van der Waals surface area contributed by atoms with Crippen molar-refractivity contribution in [1.29, 1.82) is 0 Å². The van der Waals surface area contributed by atoms with Gasteiger partial charge in [0, 0.05) is 18.7 Å². The topological polar surface area (TPSA) is 55.8 Å². The molecule has 5 nitrogen and oxygen atoms in total. The summed E-state index contributed by atoms with van der Waals surface area (Å²) >= 11 is 0. The summed E-state index contributed by atoms with van der Waals surface area (Å²) in [6.07, 6.45) is 11.6. The third-order valence-corrected chi connectivity index (χ3v) is 5.17. The maximum Gasteiger partial charge on any atom is 0.307 e. The van der Waals surface area contributed by atoms with Gasteiger partial charge in [0.1, 0.15) is 5.75 Å². The number of ether oxygens (including phenoxy) is 2. The maximum atomic E-state index is 13.0. The minimum absolute atomic E-state index is 0.0438. The van der Waals surface area contributed by atoms with Crippen molar-refractivity contribution in [1.82, 2.24) is 4.90 Å². The van der Waals surface area contributed by atoms with Crippen LogP contribution in [0.25, 0.3) is 6.08 Å². The first-order chi connectivity index (χ1) is 13.6. The molecule has 0 saturated heterocycles. The Bertz CT molecular complexity index is 648. The van der Waals surface area contributed by atoms with Crippen LogP contribution in [0.15, 0.2) is 30.3 Å². The fraction of sp³-hybridized carbons (Fsp3) is 0.565. The summed E-state index contributed by atoms with van der Waals surface area (Å²) in [5.74, 6) is 0.467. The van der Waals surface area contributed by atoms with Crippen LogP contribution in [-0.2, 0) is 14.3 Å². The zero-order valence-corrected chi connectivity index (χ0v) is 17.2. The van der Waals surface area contributed by atoms with Crippen molar-refractivity contribution >= 4 is 18.0 Å². The molecule has 1 aliphatic rings. The summed E-state index contributed by atoms with van der Waals surface area (Å²) in [6.45, 7) is 2.57. The van der Waals surface area contributed by atoms with Crippen LogP contribution in [0.1, 0.15) is 63.9 Å². The van der Waals surface area contributed by atoms with Crippen LogP contribution in [0.5, 0.6) is 5.75 Å². The first-order valence-corrected chi connectivity index (χ1v) is 10.4. The quantitative estimate of drug-likeness (QED) is 0.483. The van der Waals surface area contributed by atoms with E-state index in [1.54, 1.807) is 20.1 Å². The molecule has 0 radical (unpaired) electrons. The fourth-order valence-corrected chi connectivity index (χ4v) is 3.67. The number of carbonyl (C=O) groups is 2. The Balaban J connectivity index is 2.09. The van der Waals surface area contributed by atoms with Crippen molar-refractivity contribution in [2.24, 2.45) is 0 Å². The van der Waals surface area contributed by atoms with E-state index in [-0.39, 0.29) is 24.3 Å². The number of esters is 1. The van der Waals surface area contributed by atoms with E-state index in [9.17, 15) is 9.59 Å². The van der Waals surface area contributed by atoms with E-state index in [4.69, 9.17) is 9.47 Å². The normalized spacial score (nSPS) is 15.6. The van der Waals surface area contributed by atoms with E-state index in [1.807, 2.05) is 35.2 Å². The molecule has 0 heterocycles. The van der Waals surface area contributed by atoms with Crippen molar-refractivity contribution in [2.45, 2.75) is 64.3 Å². The van der Waals surface area contributed by atoms with Crippen molar-refractivity contribution < 1.29 is 19.1 Å². The molecule has 28 heavy (non-hydrogen) atoms. The van der Waals surface area contributed by atoms with E-state index in [0.717, 1.165) is 37.0 Å². The minimum atomic E-state index is -0.247. The lowest BCUT2D eigenvalue weighted by Gasteiger charge is -2.32. The van der Waals surface area contributed by atoms with E-state index in [2.05, 4.69) is 0 Å². The molecule has 1 aromatic carbocycles. The van der Waals surface area contributed by atoms with Gasteiger partial charge in [0.2, 0.25) is 5.91 Å². The molecule has 1 aliphatic carbocycles. The highest BCUT2D eigenvalue weighted by molar-refractivity contribution is 5.92. The molecular weight excluding hydrogens is 354 g/mol. The lowest BCUT2D eigenvalue weighted by molar-refractivity contribution is -0.144. The number of hydrogen-bond acceptors (Lipinski definition) is 4. The number of methoxy groups -OCH3 is 1. The Labute approximate surface area is 168 Å². The molecule has 154 valence electrons. The van der Waals surface area contributed by atoms with Gasteiger partial charge in [-0.05, 0) is 43.5 Å². The van der Waals surface area contributed by atoms with Crippen LogP contribution < -0.4 is 4.74 Å². The van der Waals surface area contributed by atoms with Gasteiger partial charge in [0.15, 0.2) is 0 Å². The van der Waals surface area contributed by atoms with Gasteiger partial charge in [0.25, 0.3) is 0 Å². The van der Waals surface area contributed by atoms with Crippen LogP contribution in [-0.4, -0.2) is 43.1 Å². The number of rotatable bonds is 8. The lowest BCUT2D eigenvalue weighted by atomic mass is 9.95. The molecular formula is C23H33NO4. The molecule has 0 unspecified atom stereocenters. The van der Waals surface area contributed by atoms with Crippen LogP contribution in [0, 0.1) is 0 Å². The first kappa shape index (κ1) is 22.0.